The molecule has 0 unspecified atom stereocenters. The fourth-order valence-corrected chi connectivity index (χ4v) is 8.43. The van der Waals surface area contributed by atoms with Crippen LogP contribution in [0.25, 0.3) is 0 Å². The van der Waals surface area contributed by atoms with Crippen LogP contribution in [0.5, 0.6) is 5.75 Å². The molecule has 2 fully saturated rings. The zero-order valence-corrected chi connectivity index (χ0v) is 20.2. The number of aryl methyl sites for hydroxylation is 2. The maximum atomic E-state index is 13.0. The summed E-state index contributed by atoms with van der Waals surface area (Å²) in [5.74, 6) is 0.598. The number of rotatable bonds is 6. The first-order chi connectivity index (χ1) is 15.4. The van der Waals surface area contributed by atoms with Gasteiger partial charge in [-0.25, -0.2) is 8.42 Å². The predicted octanol–water partition coefficient (Wildman–Crippen LogP) is 3.66. The molecule has 2 aliphatic rings. The number of para-hydroxylation sites is 2. The van der Waals surface area contributed by atoms with Gasteiger partial charge in [0.25, 0.3) is 5.91 Å². The lowest BCUT2D eigenvalue weighted by Crippen LogP contribution is -2.39. The predicted molar refractivity (Wildman–Crippen MR) is 131 cm³/mol. The monoisotopic (exact) mass is 472 g/mol. The summed E-state index contributed by atoms with van der Waals surface area (Å²) < 4.78 is 30.2. The van der Waals surface area contributed by atoms with E-state index in [-0.39, 0.29) is 35.1 Å². The number of thioether (sulfide) groups is 1. The van der Waals surface area contributed by atoms with Crippen LogP contribution in [0.1, 0.15) is 30.5 Å². The average molecular weight is 473 g/mol. The number of benzene rings is 2. The van der Waals surface area contributed by atoms with Crippen LogP contribution in [0, 0.1) is 0 Å². The van der Waals surface area contributed by atoms with Crippen LogP contribution >= 0.6 is 11.8 Å². The normalized spacial score (nSPS) is 22.8. The van der Waals surface area contributed by atoms with Crippen LogP contribution in [0.2, 0.25) is 0 Å². The van der Waals surface area contributed by atoms with E-state index in [0.717, 1.165) is 35.2 Å². The van der Waals surface area contributed by atoms with Crippen LogP contribution in [0.4, 0.5) is 5.69 Å². The van der Waals surface area contributed by atoms with Crippen LogP contribution in [0.3, 0.4) is 0 Å². The number of aliphatic imine (C=N–C) groups is 1. The van der Waals surface area contributed by atoms with Crippen LogP contribution < -0.4 is 9.64 Å². The minimum Gasteiger partial charge on any atom is -0.496 e. The first kappa shape index (κ1) is 22.9. The van der Waals surface area contributed by atoms with Crippen LogP contribution in [0.15, 0.2) is 47.5 Å². The Bertz CT molecular complexity index is 1140. The van der Waals surface area contributed by atoms with Crippen molar-refractivity contribution < 1.29 is 17.9 Å². The number of hydrogen-bond donors (Lipinski definition) is 0. The van der Waals surface area contributed by atoms with E-state index in [9.17, 15) is 13.2 Å². The van der Waals surface area contributed by atoms with Gasteiger partial charge < -0.3 is 9.64 Å². The molecule has 32 heavy (non-hydrogen) atoms. The van der Waals surface area contributed by atoms with Crippen LogP contribution in [-0.4, -0.2) is 49.4 Å². The summed E-state index contributed by atoms with van der Waals surface area (Å²) in [7, 11) is -1.53. The second kappa shape index (κ2) is 9.27. The molecule has 8 heteroatoms. The summed E-state index contributed by atoms with van der Waals surface area (Å²) in [5, 5.41) is 0.484. The second-order valence-corrected chi connectivity index (χ2v) is 11.4. The number of fused-ring (bicyclic) bond motifs is 1. The molecule has 2 heterocycles. The van der Waals surface area contributed by atoms with Crippen LogP contribution in [-0.2, 0) is 33.9 Å². The topological polar surface area (TPSA) is 76.0 Å². The van der Waals surface area contributed by atoms with E-state index in [2.05, 4.69) is 31.0 Å². The van der Waals surface area contributed by atoms with E-state index < -0.39 is 9.84 Å². The van der Waals surface area contributed by atoms with E-state index in [1.54, 1.807) is 7.11 Å². The molecule has 0 bridgehead atoms. The van der Waals surface area contributed by atoms with Gasteiger partial charge in [0.15, 0.2) is 15.0 Å². The maximum absolute atomic E-state index is 13.0. The lowest BCUT2D eigenvalue weighted by molar-refractivity contribution is -0.117. The number of amides is 1. The molecule has 6 nitrogen and oxygen atoms in total. The fourth-order valence-electron chi connectivity index (χ4n) is 4.51. The molecule has 1 amide bonds. The number of ether oxygens (including phenoxy) is 1. The minimum atomic E-state index is -3.11. The standard InChI is InChI=1S/C24H28N2O4S2/c1-4-16-10-8-11-17(5-2)23(16)26-19-14-32(28,29)15-21(19)31-24(26)25-22(27)13-18-9-6-7-12-20(18)30-3/h6-12,19,21H,4-5,13-15H2,1-3H3/t19-,21+/m1/s1. The SMILES string of the molecule is CCc1cccc(CC)c1N1C(=NC(=O)Cc2ccccc2OC)S[C@H]2CS(=O)(=O)C[C@H]21. The Hall–Kier alpha value is -2.32. The molecular formula is C24H28N2O4S2. The molecule has 2 aromatic carbocycles. The lowest BCUT2D eigenvalue weighted by atomic mass is 10.0. The van der Waals surface area contributed by atoms with Gasteiger partial charge in [0, 0.05) is 16.5 Å². The van der Waals surface area contributed by atoms with Crippen molar-refractivity contribution in [3.05, 3.63) is 59.2 Å². The molecule has 0 radical (unpaired) electrons. The number of sulfone groups is 1. The maximum Gasteiger partial charge on any atom is 0.252 e. The Kier molecular flexibility index (Phi) is 6.62. The highest BCUT2D eigenvalue weighted by atomic mass is 32.2. The Morgan fingerprint density at radius 3 is 2.38 bits per heavy atom. The zero-order valence-electron chi connectivity index (χ0n) is 18.6. The summed E-state index contributed by atoms with van der Waals surface area (Å²) >= 11 is 1.42. The van der Waals surface area contributed by atoms with Gasteiger partial charge in [0.05, 0.1) is 31.1 Å². The first-order valence-electron chi connectivity index (χ1n) is 10.9. The zero-order chi connectivity index (χ0) is 22.9. The number of nitrogens with zero attached hydrogens (tertiary/aromatic N) is 2. The number of anilines is 1. The summed E-state index contributed by atoms with van der Waals surface area (Å²) in [6, 6.07) is 13.4. The molecule has 2 aromatic rings. The first-order valence-corrected chi connectivity index (χ1v) is 13.6. The van der Waals surface area contributed by atoms with Crippen molar-refractivity contribution in [2.24, 2.45) is 4.99 Å². The molecule has 0 N–H and O–H groups in total. The van der Waals surface area contributed by atoms with E-state index in [1.165, 1.54) is 11.8 Å². The number of carbonyl (C=O) groups is 1. The van der Waals surface area contributed by atoms with E-state index in [4.69, 9.17) is 4.74 Å². The number of amidine groups is 1. The third kappa shape index (κ3) is 4.43. The average Bonchev–Trinajstić information content (AvgIpc) is 3.23. The lowest BCUT2D eigenvalue weighted by Gasteiger charge is -2.29. The molecule has 0 spiro atoms. The molecular weight excluding hydrogens is 444 g/mol. The van der Waals surface area contributed by atoms with Crippen molar-refractivity contribution >= 4 is 38.4 Å². The van der Waals surface area contributed by atoms with Crippen molar-refractivity contribution in [3.8, 4) is 5.75 Å². The molecule has 0 saturated carbocycles. The van der Waals surface area contributed by atoms with Gasteiger partial charge in [-0.1, -0.05) is 62.0 Å². The van der Waals surface area contributed by atoms with Gasteiger partial charge in [-0.3, -0.25) is 4.79 Å². The van der Waals surface area contributed by atoms with E-state index in [1.807, 2.05) is 35.2 Å². The quantitative estimate of drug-likeness (QED) is 0.639. The minimum absolute atomic E-state index is 0.0889. The van der Waals surface area contributed by atoms with Gasteiger partial charge in [0.1, 0.15) is 5.75 Å². The summed E-state index contributed by atoms with van der Waals surface area (Å²) in [6.45, 7) is 4.18. The van der Waals surface area contributed by atoms with Gasteiger partial charge in [-0.15, -0.1) is 0 Å². The van der Waals surface area contributed by atoms with Crippen molar-refractivity contribution in [1.29, 1.82) is 0 Å². The van der Waals surface area contributed by atoms with E-state index >= 15 is 0 Å². The summed E-state index contributed by atoms with van der Waals surface area (Å²) in [6.07, 6.45) is 1.76. The molecule has 2 saturated heterocycles. The van der Waals surface area contributed by atoms with Gasteiger partial charge in [-0.05, 0) is 30.0 Å². The Labute approximate surface area is 194 Å². The third-order valence-electron chi connectivity index (χ3n) is 6.03. The van der Waals surface area contributed by atoms with E-state index in [0.29, 0.717) is 10.9 Å². The third-order valence-corrected chi connectivity index (χ3v) is 9.24. The fraction of sp³-hybridized carbons (Fsp3) is 0.417. The molecule has 2 aliphatic heterocycles. The van der Waals surface area contributed by atoms with Crippen molar-refractivity contribution in [2.45, 2.75) is 44.4 Å². The second-order valence-electron chi connectivity index (χ2n) is 8.08. The number of methoxy groups -OCH3 is 1. The number of carbonyl (C=O) groups excluding carboxylic acids is 1. The van der Waals surface area contributed by atoms with Crippen molar-refractivity contribution in [3.63, 3.8) is 0 Å². The largest absolute Gasteiger partial charge is 0.496 e. The Morgan fingerprint density at radius 1 is 1.06 bits per heavy atom. The summed E-state index contributed by atoms with van der Waals surface area (Å²) in [5.41, 5.74) is 4.07. The van der Waals surface area contributed by atoms with Gasteiger partial charge in [0.2, 0.25) is 0 Å². The molecule has 0 aliphatic carbocycles. The summed E-state index contributed by atoms with van der Waals surface area (Å²) in [4.78, 5) is 19.5. The molecule has 4 rings (SSSR count). The van der Waals surface area contributed by atoms with Gasteiger partial charge in [-0.2, -0.15) is 4.99 Å². The highest BCUT2D eigenvalue weighted by molar-refractivity contribution is 8.16. The molecule has 170 valence electrons. The highest BCUT2D eigenvalue weighted by Crippen LogP contribution is 2.43. The Balaban J connectivity index is 1.74. The molecule has 0 aromatic heterocycles. The highest BCUT2D eigenvalue weighted by Gasteiger charge is 2.50. The van der Waals surface area contributed by atoms with Crippen molar-refractivity contribution in [2.75, 3.05) is 23.5 Å². The van der Waals surface area contributed by atoms with Gasteiger partial charge >= 0.3 is 0 Å². The number of hydrogen-bond acceptors (Lipinski definition) is 5. The van der Waals surface area contributed by atoms with Crippen molar-refractivity contribution in [1.82, 2.24) is 0 Å². The molecule has 2 atom stereocenters. The smallest absolute Gasteiger partial charge is 0.252 e. The Morgan fingerprint density at radius 2 is 1.72 bits per heavy atom.